The molecule has 1 atom stereocenters. The molecule has 27 heavy (non-hydrogen) atoms. The molecule has 0 aliphatic carbocycles. The predicted octanol–water partition coefficient (Wildman–Crippen LogP) is 2.91. The smallest absolute Gasteiger partial charge is 0.230 e. The van der Waals surface area contributed by atoms with Crippen molar-refractivity contribution in [3.05, 3.63) is 30.1 Å². The number of methoxy groups -OCH3 is 1. The first-order valence-corrected chi connectivity index (χ1v) is 10.0. The minimum absolute atomic E-state index is 0.0134. The van der Waals surface area contributed by atoms with E-state index in [9.17, 15) is 4.79 Å². The maximum atomic E-state index is 12.0. The Hall–Kier alpha value is -2.06. The molecule has 1 aromatic carbocycles. The summed E-state index contributed by atoms with van der Waals surface area (Å²) in [6, 6.07) is 8.02. The molecule has 0 aliphatic heterocycles. The molecule has 0 saturated heterocycles. The van der Waals surface area contributed by atoms with E-state index >= 15 is 0 Å². The zero-order valence-corrected chi connectivity index (χ0v) is 17.7. The third-order valence-electron chi connectivity index (χ3n) is 4.08. The van der Waals surface area contributed by atoms with Gasteiger partial charge in [-0.1, -0.05) is 18.7 Å². The maximum Gasteiger partial charge on any atom is 0.230 e. The second-order valence-corrected chi connectivity index (χ2v) is 7.72. The largest absolute Gasteiger partial charge is 0.497 e. The van der Waals surface area contributed by atoms with Crippen molar-refractivity contribution in [2.75, 3.05) is 27.0 Å². The second kappa shape index (κ2) is 9.75. The lowest BCUT2D eigenvalue weighted by molar-refractivity contribution is -0.119. The zero-order valence-electron chi connectivity index (χ0n) is 16.9. The number of ether oxygens (including phenoxy) is 1. The summed E-state index contributed by atoms with van der Waals surface area (Å²) in [5.74, 6) is 1.93. The molecule has 2 rings (SSSR count). The number of rotatable bonds is 9. The Morgan fingerprint density at radius 3 is 2.44 bits per heavy atom. The Morgan fingerprint density at radius 1 is 1.26 bits per heavy atom. The van der Waals surface area contributed by atoms with Crippen LogP contribution in [0.15, 0.2) is 29.4 Å². The lowest BCUT2D eigenvalue weighted by Crippen LogP contribution is -2.31. The average Bonchev–Trinajstić information content (AvgIpc) is 3.03. The van der Waals surface area contributed by atoms with Gasteiger partial charge in [-0.05, 0) is 58.6 Å². The monoisotopic (exact) mass is 391 g/mol. The highest BCUT2D eigenvalue weighted by molar-refractivity contribution is 7.99. The van der Waals surface area contributed by atoms with Crippen LogP contribution in [0.3, 0.4) is 0 Å². The number of amides is 1. The van der Waals surface area contributed by atoms with Crippen LogP contribution >= 0.6 is 11.8 Å². The van der Waals surface area contributed by atoms with Crippen molar-refractivity contribution < 1.29 is 9.53 Å². The van der Waals surface area contributed by atoms with E-state index in [2.05, 4.69) is 27.3 Å². The van der Waals surface area contributed by atoms with Crippen molar-refractivity contribution in [2.24, 2.45) is 0 Å². The van der Waals surface area contributed by atoms with E-state index in [1.807, 2.05) is 56.8 Å². The fourth-order valence-electron chi connectivity index (χ4n) is 2.84. The number of hydrogen-bond donors (Lipinski definition) is 1. The predicted molar refractivity (Wildman–Crippen MR) is 109 cm³/mol. The van der Waals surface area contributed by atoms with Crippen molar-refractivity contribution in [1.82, 2.24) is 25.0 Å². The van der Waals surface area contributed by atoms with Gasteiger partial charge in [0.25, 0.3) is 0 Å². The highest BCUT2D eigenvalue weighted by Gasteiger charge is 2.23. The summed E-state index contributed by atoms with van der Waals surface area (Å²) in [4.78, 5) is 14.2. The van der Waals surface area contributed by atoms with E-state index in [4.69, 9.17) is 4.74 Å². The minimum Gasteiger partial charge on any atom is -0.497 e. The van der Waals surface area contributed by atoms with Crippen LogP contribution in [0.2, 0.25) is 0 Å². The van der Waals surface area contributed by atoms with Gasteiger partial charge in [0.05, 0.1) is 18.9 Å². The number of aromatic nitrogens is 3. The van der Waals surface area contributed by atoms with Crippen LogP contribution < -0.4 is 10.1 Å². The van der Waals surface area contributed by atoms with E-state index < -0.39 is 0 Å². The third-order valence-corrected chi connectivity index (χ3v) is 5.01. The summed E-state index contributed by atoms with van der Waals surface area (Å²) in [6.45, 7) is 6.02. The van der Waals surface area contributed by atoms with E-state index in [0.29, 0.717) is 10.9 Å². The van der Waals surface area contributed by atoms with Crippen LogP contribution in [0, 0.1) is 0 Å². The van der Waals surface area contributed by atoms with Crippen molar-refractivity contribution in [3.63, 3.8) is 0 Å². The number of carbonyl (C=O) groups is 1. The van der Waals surface area contributed by atoms with E-state index in [-0.39, 0.29) is 18.0 Å². The lowest BCUT2D eigenvalue weighted by Gasteiger charge is -2.23. The number of benzene rings is 1. The first-order valence-electron chi connectivity index (χ1n) is 9.05. The molecule has 0 bridgehead atoms. The standard InChI is InChI=1S/C19H29N5O2S/c1-7-16(23(4)5)18-21-22-19(27-12-17(25)20-13(2)3)24(18)14-8-10-15(26-6)11-9-14/h8-11,13,16H,7,12H2,1-6H3,(H,20,25). The summed E-state index contributed by atoms with van der Waals surface area (Å²) in [5, 5.41) is 12.4. The summed E-state index contributed by atoms with van der Waals surface area (Å²) in [5.41, 5.74) is 0.947. The molecule has 1 aromatic heterocycles. The molecule has 1 amide bonds. The van der Waals surface area contributed by atoms with Gasteiger partial charge in [0.1, 0.15) is 5.75 Å². The van der Waals surface area contributed by atoms with Crippen LogP contribution in [0.5, 0.6) is 5.75 Å². The summed E-state index contributed by atoms with van der Waals surface area (Å²) in [7, 11) is 5.71. The van der Waals surface area contributed by atoms with Crippen LogP contribution in [0.4, 0.5) is 0 Å². The van der Waals surface area contributed by atoms with Gasteiger partial charge < -0.3 is 10.1 Å². The molecule has 1 heterocycles. The first kappa shape index (κ1) is 21.2. The lowest BCUT2D eigenvalue weighted by atomic mass is 10.2. The Kier molecular flexibility index (Phi) is 7.67. The Morgan fingerprint density at radius 2 is 1.93 bits per heavy atom. The molecule has 8 heteroatoms. The second-order valence-electron chi connectivity index (χ2n) is 6.77. The highest BCUT2D eigenvalue weighted by Crippen LogP contribution is 2.29. The number of thioether (sulfide) groups is 1. The normalized spacial score (nSPS) is 12.4. The van der Waals surface area contributed by atoms with E-state index in [1.165, 1.54) is 11.8 Å². The van der Waals surface area contributed by atoms with Crippen molar-refractivity contribution >= 4 is 17.7 Å². The van der Waals surface area contributed by atoms with Crippen LogP contribution in [0.25, 0.3) is 5.69 Å². The molecule has 0 aliphatic rings. The molecule has 1 unspecified atom stereocenters. The molecule has 1 N–H and O–H groups in total. The third kappa shape index (κ3) is 5.46. The molecule has 0 spiro atoms. The number of carbonyl (C=O) groups excluding carboxylic acids is 1. The summed E-state index contributed by atoms with van der Waals surface area (Å²) >= 11 is 1.39. The molecule has 2 aromatic rings. The zero-order chi connectivity index (χ0) is 20.0. The molecular weight excluding hydrogens is 362 g/mol. The first-order chi connectivity index (χ1) is 12.9. The van der Waals surface area contributed by atoms with Gasteiger partial charge in [0.2, 0.25) is 5.91 Å². The molecule has 0 fully saturated rings. The number of nitrogens with one attached hydrogen (secondary N) is 1. The van der Waals surface area contributed by atoms with Crippen LogP contribution in [0.1, 0.15) is 39.1 Å². The molecule has 148 valence electrons. The van der Waals surface area contributed by atoms with Gasteiger partial charge in [0.15, 0.2) is 11.0 Å². The SMILES string of the molecule is CCC(c1nnc(SCC(=O)NC(C)C)n1-c1ccc(OC)cc1)N(C)C. The van der Waals surface area contributed by atoms with Gasteiger partial charge in [-0.2, -0.15) is 0 Å². The van der Waals surface area contributed by atoms with Gasteiger partial charge in [0, 0.05) is 11.7 Å². The molecule has 0 radical (unpaired) electrons. The maximum absolute atomic E-state index is 12.0. The molecular formula is C19H29N5O2S. The van der Waals surface area contributed by atoms with E-state index in [0.717, 1.165) is 23.7 Å². The topological polar surface area (TPSA) is 72.3 Å². The fraction of sp³-hybridized carbons (Fsp3) is 0.526. The average molecular weight is 392 g/mol. The van der Waals surface area contributed by atoms with Gasteiger partial charge >= 0.3 is 0 Å². The van der Waals surface area contributed by atoms with Gasteiger partial charge in [-0.25, -0.2) is 0 Å². The van der Waals surface area contributed by atoms with E-state index in [1.54, 1.807) is 7.11 Å². The Balaban J connectivity index is 2.38. The fourth-order valence-corrected chi connectivity index (χ4v) is 3.61. The number of nitrogens with zero attached hydrogens (tertiary/aromatic N) is 4. The summed E-state index contributed by atoms with van der Waals surface area (Å²) < 4.78 is 7.29. The number of hydrogen-bond acceptors (Lipinski definition) is 6. The van der Waals surface area contributed by atoms with Crippen LogP contribution in [-0.4, -0.2) is 58.6 Å². The minimum atomic E-state index is -0.0134. The quantitative estimate of drug-likeness (QED) is 0.663. The van der Waals surface area contributed by atoms with Crippen molar-refractivity contribution in [2.45, 2.75) is 44.4 Å². The van der Waals surface area contributed by atoms with Crippen LogP contribution in [-0.2, 0) is 4.79 Å². The Labute approximate surface area is 165 Å². The van der Waals surface area contributed by atoms with Crippen molar-refractivity contribution in [3.8, 4) is 11.4 Å². The van der Waals surface area contributed by atoms with Gasteiger partial charge in [-0.3, -0.25) is 14.3 Å². The van der Waals surface area contributed by atoms with Crippen molar-refractivity contribution in [1.29, 1.82) is 0 Å². The molecule has 0 saturated carbocycles. The van der Waals surface area contributed by atoms with Gasteiger partial charge in [-0.15, -0.1) is 10.2 Å². The molecule has 7 nitrogen and oxygen atoms in total. The Bertz CT molecular complexity index is 743. The highest BCUT2D eigenvalue weighted by atomic mass is 32.2. The summed E-state index contributed by atoms with van der Waals surface area (Å²) in [6.07, 6.45) is 0.903.